The maximum atomic E-state index is 6.10. The van der Waals surface area contributed by atoms with Gasteiger partial charge < -0.3 is 5.73 Å². The molecular weight excluding hydrogens is 252 g/mol. The Balaban J connectivity index is 1.95. The van der Waals surface area contributed by atoms with Gasteiger partial charge in [0.1, 0.15) is 0 Å². The van der Waals surface area contributed by atoms with Gasteiger partial charge in [-0.15, -0.1) is 11.8 Å². The number of pyridine rings is 1. The topological polar surface area (TPSA) is 38.9 Å². The molecule has 1 aromatic carbocycles. The number of thioether (sulfide) groups is 1. The second-order valence-electron chi connectivity index (χ2n) is 3.61. The molecule has 2 nitrogen and oxygen atoms in total. The molecule has 0 saturated carbocycles. The van der Waals surface area contributed by atoms with E-state index in [9.17, 15) is 0 Å². The van der Waals surface area contributed by atoms with Gasteiger partial charge in [-0.3, -0.25) is 4.98 Å². The summed E-state index contributed by atoms with van der Waals surface area (Å²) in [5.74, 6) is 0.956. The molecule has 0 atom stereocenters. The fourth-order valence-electron chi connectivity index (χ4n) is 1.50. The van der Waals surface area contributed by atoms with E-state index in [0.717, 1.165) is 27.8 Å². The molecule has 0 amide bonds. The largest absolute Gasteiger partial charge is 0.398 e. The first kappa shape index (κ1) is 12.3. The van der Waals surface area contributed by atoms with Crippen LogP contribution in [-0.2, 0) is 6.42 Å². The first-order valence-electron chi connectivity index (χ1n) is 5.33. The Bertz CT molecular complexity index is 468. The van der Waals surface area contributed by atoms with E-state index >= 15 is 0 Å². The van der Waals surface area contributed by atoms with Crippen molar-refractivity contribution in [2.24, 2.45) is 0 Å². The molecule has 2 N–H and O–H groups in total. The van der Waals surface area contributed by atoms with Gasteiger partial charge in [0.15, 0.2) is 0 Å². The van der Waals surface area contributed by atoms with Crippen LogP contribution in [0, 0.1) is 0 Å². The predicted octanol–water partition coefficient (Wildman–Crippen LogP) is 3.65. The highest BCUT2D eigenvalue weighted by molar-refractivity contribution is 7.99. The molecule has 0 aliphatic heterocycles. The summed E-state index contributed by atoms with van der Waals surface area (Å²) in [6, 6.07) is 9.66. The number of aromatic nitrogens is 1. The summed E-state index contributed by atoms with van der Waals surface area (Å²) in [5.41, 5.74) is 7.91. The van der Waals surface area contributed by atoms with Gasteiger partial charge in [0.25, 0.3) is 0 Å². The molecule has 0 radical (unpaired) electrons. The molecule has 0 spiro atoms. The van der Waals surface area contributed by atoms with Crippen molar-refractivity contribution in [3.63, 3.8) is 0 Å². The van der Waals surface area contributed by atoms with Crippen LogP contribution < -0.4 is 5.73 Å². The Kier molecular flexibility index (Phi) is 4.29. The maximum absolute atomic E-state index is 6.10. The van der Waals surface area contributed by atoms with E-state index in [-0.39, 0.29) is 0 Å². The lowest BCUT2D eigenvalue weighted by Crippen LogP contribution is -1.92. The van der Waals surface area contributed by atoms with E-state index in [1.807, 2.05) is 42.7 Å². The lowest BCUT2D eigenvalue weighted by molar-refractivity contribution is 1.13. The van der Waals surface area contributed by atoms with Crippen LogP contribution in [0.25, 0.3) is 0 Å². The van der Waals surface area contributed by atoms with Gasteiger partial charge in [0.05, 0.1) is 5.02 Å². The van der Waals surface area contributed by atoms with Gasteiger partial charge in [-0.25, -0.2) is 0 Å². The van der Waals surface area contributed by atoms with Crippen LogP contribution in [0.5, 0.6) is 0 Å². The summed E-state index contributed by atoms with van der Waals surface area (Å²) in [7, 11) is 0. The van der Waals surface area contributed by atoms with Crippen molar-refractivity contribution in [1.82, 2.24) is 4.98 Å². The number of rotatable bonds is 4. The van der Waals surface area contributed by atoms with Gasteiger partial charge in [-0.05, 0) is 36.2 Å². The predicted molar refractivity (Wildman–Crippen MR) is 74.5 cm³/mol. The summed E-state index contributed by atoms with van der Waals surface area (Å²) in [5, 5.41) is 0.727. The van der Waals surface area contributed by atoms with Crippen LogP contribution in [0.15, 0.2) is 47.6 Å². The average Bonchev–Trinajstić information content (AvgIpc) is 2.34. The summed E-state index contributed by atoms with van der Waals surface area (Å²) < 4.78 is 0. The Morgan fingerprint density at radius 3 is 2.65 bits per heavy atom. The second-order valence-corrected chi connectivity index (χ2v) is 5.12. The molecule has 1 aromatic heterocycles. The van der Waals surface area contributed by atoms with E-state index in [2.05, 4.69) is 4.98 Å². The molecule has 0 fully saturated rings. The SMILES string of the molecule is Nc1cccc(Cl)c1SCCc1ccncc1. The molecule has 2 rings (SSSR count). The van der Waals surface area contributed by atoms with Crippen LogP contribution in [0.2, 0.25) is 5.02 Å². The van der Waals surface area contributed by atoms with Gasteiger partial charge in [-0.2, -0.15) is 0 Å². The lowest BCUT2D eigenvalue weighted by Gasteiger charge is -2.07. The van der Waals surface area contributed by atoms with Crippen molar-refractivity contribution in [2.45, 2.75) is 11.3 Å². The third-order valence-electron chi connectivity index (χ3n) is 2.38. The number of nitrogen functional groups attached to an aromatic ring is 1. The van der Waals surface area contributed by atoms with Crippen LogP contribution in [0.4, 0.5) is 5.69 Å². The zero-order valence-electron chi connectivity index (χ0n) is 9.27. The normalized spacial score (nSPS) is 10.4. The molecule has 88 valence electrons. The molecule has 0 bridgehead atoms. The van der Waals surface area contributed by atoms with E-state index in [1.165, 1.54) is 5.56 Å². The van der Waals surface area contributed by atoms with Crippen molar-refractivity contribution >= 4 is 29.1 Å². The highest BCUT2D eigenvalue weighted by atomic mass is 35.5. The summed E-state index contributed by atoms with van der Waals surface area (Å²) in [6.07, 6.45) is 4.60. The number of halogens is 1. The zero-order chi connectivity index (χ0) is 12.1. The zero-order valence-corrected chi connectivity index (χ0v) is 10.8. The van der Waals surface area contributed by atoms with Crippen LogP contribution in [0.3, 0.4) is 0 Å². The Morgan fingerprint density at radius 2 is 1.94 bits per heavy atom. The fraction of sp³-hybridized carbons (Fsp3) is 0.154. The van der Waals surface area contributed by atoms with Crippen LogP contribution >= 0.6 is 23.4 Å². The van der Waals surface area contributed by atoms with E-state index < -0.39 is 0 Å². The van der Waals surface area contributed by atoms with Crippen LogP contribution in [-0.4, -0.2) is 10.7 Å². The smallest absolute Gasteiger partial charge is 0.0562 e. The molecule has 0 aliphatic carbocycles. The fourth-order valence-corrected chi connectivity index (χ4v) is 2.83. The minimum absolute atomic E-state index is 0.727. The first-order valence-corrected chi connectivity index (χ1v) is 6.69. The number of hydrogen-bond acceptors (Lipinski definition) is 3. The van der Waals surface area contributed by atoms with Crippen molar-refractivity contribution in [3.8, 4) is 0 Å². The Hall–Kier alpha value is -1.19. The number of nitrogens with zero attached hydrogens (tertiary/aromatic N) is 1. The second kappa shape index (κ2) is 5.94. The highest BCUT2D eigenvalue weighted by Gasteiger charge is 2.04. The Morgan fingerprint density at radius 1 is 1.18 bits per heavy atom. The standard InChI is InChI=1S/C13H13ClN2S/c14-11-2-1-3-12(15)13(11)17-9-6-10-4-7-16-8-5-10/h1-5,7-8H,6,9,15H2. The number of aryl methyl sites for hydroxylation is 1. The maximum Gasteiger partial charge on any atom is 0.0562 e. The molecule has 4 heteroatoms. The number of hydrogen-bond donors (Lipinski definition) is 1. The number of anilines is 1. The third kappa shape index (κ3) is 3.38. The molecule has 0 unspecified atom stereocenters. The summed E-state index contributed by atoms with van der Waals surface area (Å²) in [6.45, 7) is 0. The van der Waals surface area contributed by atoms with Crippen molar-refractivity contribution in [1.29, 1.82) is 0 Å². The minimum atomic E-state index is 0.727. The van der Waals surface area contributed by atoms with Gasteiger partial charge in [0.2, 0.25) is 0 Å². The average molecular weight is 265 g/mol. The molecule has 0 saturated heterocycles. The van der Waals surface area contributed by atoms with Gasteiger partial charge >= 0.3 is 0 Å². The summed E-state index contributed by atoms with van der Waals surface area (Å²) >= 11 is 7.79. The van der Waals surface area contributed by atoms with E-state index in [1.54, 1.807) is 11.8 Å². The van der Waals surface area contributed by atoms with Gasteiger partial charge in [-0.1, -0.05) is 17.7 Å². The molecule has 17 heavy (non-hydrogen) atoms. The minimum Gasteiger partial charge on any atom is -0.398 e. The van der Waals surface area contributed by atoms with Crippen molar-refractivity contribution in [3.05, 3.63) is 53.3 Å². The molecular formula is C13H13ClN2S. The quantitative estimate of drug-likeness (QED) is 0.677. The van der Waals surface area contributed by atoms with E-state index in [4.69, 9.17) is 17.3 Å². The molecule has 2 aromatic rings. The van der Waals surface area contributed by atoms with Crippen LogP contribution in [0.1, 0.15) is 5.56 Å². The third-order valence-corrected chi connectivity index (χ3v) is 3.96. The first-order chi connectivity index (χ1) is 8.27. The van der Waals surface area contributed by atoms with E-state index in [0.29, 0.717) is 0 Å². The highest BCUT2D eigenvalue weighted by Crippen LogP contribution is 2.32. The lowest BCUT2D eigenvalue weighted by atomic mass is 10.2. The van der Waals surface area contributed by atoms with Crippen molar-refractivity contribution < 1.29 is 0 Å². The molecule has 1 heterocycles. The van der Waals surface area contributed by atoms with Gasteiger partial charge in [0, 0.05) is 28.7 Å². The summed E-state index contributed by atoms with van der Waals surface area (Å²) in [4.78, 5) is 4.97. The number of nitrogens with two attached hydrogens (primary N) is 1. The van der Waals surface area contributed by atoms with Crippen molar-refractivity contribution in [2.75, 3.05) is 11.5 Å². The Labute approximate surface area is 110 Å². The monoisotopic (exact) mass is 264 g/mol. The number of benzene rings is 1. The molecule has 0 aliphatic rings.